The zero-order valence-corrected chi connectivity index (χ0v) is 13.3. The van der Waals surface area contributed by atoms with Gasteiger partial charge in [-0.2, -0.15) is 0 Å². The van der Waals surface area contributed by atoms with Crippen molar-refractivity contribution in [2.75, 3.05) is 0 Å². The molecule has 2 nitrogen and oxygen atoms in total. The second kappa shape index (κ2) is 5.96. The molecule has 0 fully saturated rings. The highest BCUT2D eigenvalue weighted by Gasteiger charge is 2.26. The first-order valence-electron chi connectivity index (χ1n) is 6.63. The molecular formula is C16H24ClNO. The summed E-state index contributed by atoms with van der Waals surface area (Å²) in [4.78, 5) is 12.1. The first-order valence-corrected chi connectivity index (χ1v) is 7.01. The van der Waals surface area contributed by atoms with Gasteiger partial charge in [-0.3, -0.25) is 4.79 Å². The molecule has 0 bridgehead atoms. The Morgan fingerprint density at radius 2 is 1.74 bits per heavy atom. The van der Waals surface area contributed by atoms with Gasteiger partial charge in [-0.05, 0) is 37.3 Å². The van der Waals surface area contributed by atoms with Crippen molar-refractivity contribution >= 4 is 17.5 Å². The van der Waals surface area contributed by atoms with Gasteiger partial charge < -0.3 is 5.32 Å². The van der Waals surface area contributed by atoms with E-state index in [-0.39, 0.29) is 16.9 Å². The number of benzene rings is 1. The van der Waals surface area contributed by atoms with Crippen LogP contribution in [0.25, 0.3) is 0 Å². The number of nitrogens with one attached hydrogen (secondary N) is 1. The maximum atomic E-state index is 12.1. The maximum absolute atomic E-state index is 12.1. The molecule has 0 unspecified atom stereocenters. The van der Waals surface area contributed by atoms with Crippen LogP contribution < -0.4 is 5.32 Å². The summed E-state index contributed by atoms with van der Waals surface area (Å²) in [5, 5.41) is 3.74. The summed E-state index contributed by atoms with van der Waals surface area (Å²) in [5.74, 6) is 0.0161. The van der Waals surface area contributed by atoms with Gasteiger partial charge in [0.2, 0.25) is 5.91 Å². The largest absolute Gasteiger partial charge is 0.351 e. The molecule has 0 aliphatic heterocycles. The third kappa shape index (κ3) is 6.11. The van der Waals surface area contributed by atoms with E-state index in [1.807, 2.05) is 24.3 Å². The Labute approximate surface area is 121 Å². The van der Waals surface area contributed by atoms with Crippen molar-refractivity contribution in [3.05, 3.63) is 34.9 Å². The summed E-state index contributed by atoms with van der Waals surface area (Å²) in [6, 6.07) is 7.46. The molecule has 1 aromatic carbocycles. The van der Waals surface area contributed by atoms with Crippen molar-refractivity contribution in [3.63, 3.8) is 0 Å². The molecule has 0 radical (unpaired) electrons. The molecule has 1 rings (SSSR count). The fraction of sp³-hybridized carbons (Fsp3) is 0.562. The molecule has 0 saturated heterocycles. The van der Waals surface area contributed by atoms with Gasteiger partial charge in [-0.25, -0.2) is 0 Å². The van der Waals surface area contributed by atoms with Crippen LogP contribution in [0.4, 0.5) is 0 Å². The molecule has 0 saturated carbocycles. The molecule has 0 atom stereocenters. The Morgan fingerprint density at radius 3 is 2.26 bits per heavy atom. The number of amides is 1. The lowest BCUT2D eigenvalue weighted by molar-refractivity contribution is -0.122. The average molecular weight is 282 g/mol. The van der Waals surface area contributed by atoms with Crippen molar-refractivity contribution in [1.82, 2.24) is 5.32 Å². The average Bonchev–Trinajstić information content (AvgIpc) is 2.16. The Bertz CT molecular complexity index is 446. The van der Waals surface area contributed by atoms with E-state index in [2.05, 4.69) is 39.9 Å². The lowest BCUT2D eigenvalue weighted by atomic mass is 9.81. The highest BCUT2D eigenvalue weighted by atomic mass is 35.5. The minimum Gasteiger partial charge on any atom is -0.351 e. The monoisotopic (exact) mass is 281 g/mol. The molecule has 1 N–H and O–H groups in total. The maximum Gasteiger partial charge on any atom is 0.224 e. The van der Waals surface area contributed by atoms with Crippen LogP contribution in [-0.4, -0.2) is 11.4 Å². The van der Waals surface area contributed by atoms with Crippen LogP contribution in [0.2, 0.25) is 5.02 Å². The zero-order chi connectivity index (χ0) is 14.7. The molecule has 0 spiro atoms. The van der Waals surface area contributed by atoms with Crippen LogP contribution in [0.15, 0.2) is 24.3 Å². The van der Waals surface area contributed by atoms with E-state index >= 15 is 0 Å². The highest BCUT2D eigenvalue weighted by Crippen LogP contribution is 2.27. The fourth-order valence-electron chi connectivity index (χ4n) is 2.61. The van der Waals surface area contributed by atoms with Crippen molar-refractivity contribution in [1.29, 1.82) is 0 Å². The summed E-state index contributed by atoms with van der Waals surface area (Å²) in [6.07, 6.45) is 1.25. The quantitative estimate of drug-likeness (QED) is 0.880. The van der Waals surface area contributed by atoms with Gasteiger partial charge in [0.25, 0.3) is 0 Å². The van der Waals surface area contributed by atoms with Gasteiger partial charge >= 0.3 is 0 Å². The van der Waals surface area contributed by atoms with Crippen LogP contribution in [-0.2, 0) is 11.2 Å². The van der Waals surface area contributed by atoms with E-state index in [1.165, 1.54) is 0 Å². The molecule has 3 heteroatoms. The molecule has 0 aliphatic rings. The first-order chi connectivity index (χ1) is 8.59. The predicted molar refractivity (Wildman–Crippen MR) is 81.4 cm³/mol. The number of hydrogen-bond acceptors (Lipinski definition) is 1. The normalized spacial score (nSPS) is 12.3. The molecule has 1 amide bonds. The topological polar surface area (TPSA) is 29.1 Å². The molecule has 0 heterocycles. The smallest absolute Gasteiger partial charge is 0.224 e. The van der Waals surface area contributed by atoms with Crippen LogP contribution >= 0.6 is 11.6 Å². The Morgan fingerprint density at radius 1 is 1.16 bits per heavy atom. The van der Waals surface area contributed by atoms with E-state index in [4.69, 9.17) is 11.6 Å². The molecule has 106 valence electrons. The lowest BCUT2D eigenvalue weighted by Crippen LogP contribution is -2.46. The van der Waals surface area contributed by atoms with Crippen molar-refractivity contribution in [2.45, 2.75) is 53.0 Å². The van der Waals surface area contributed by atoms with Gasteiger partial charge in [-0.1, -0.05) is 50.6 Å². The molecule has 0 aromatic heterocycles. The molecule has 19 heavy (non-hydrogen) atoms. The SMILES string of the molecule is CC(C)(C)CC(C)(C)NC(=O)Cc1ccccc1Cl. The summed E-state index contributed by atoms with van der Waals surface area (Å²) in [7, 11) is 0. The number of carbonyl (C=O) groups excluding carboxylic acids is 1. The molecule has 0 aliphatic carbocycles. The van der Waals surface area contributed by atoms with Gasteiger partial charge in [0.1, 0.15) is 0 Å². The Kier molecular flexibility index (Phi) is 5.03. The number of rotatable bonds is 4. The van der Waals surface area contributed by atoms with E-state index in [1.54, 1.807) is 0 Å². The summed E-state index contributed by atoms with van der Waals surface area (Å²) in [6.45, 7) is 10.6. The second-order valence-electron chi connectivity index (χ2n) is 6.94. The standard InChI is InChI=1S/C16H24ClNO/c1-15(2,3)11-16(4,5)18-14(19)10-12-8-6-7-9-13(12)17/h6-9H,10-11H2,1-5H3,(H,18,19). The summed E-state index contributed by atoms with van der Waals surface area (Å²) >= 11 is 6.07. The van der Waals surface area contributed by atoms with Crippen molar-refractivity contribution in [2.24, 2.45) is 5.41 Å². The van der Waals surface area contributed by atoms with Crippen molar-refractivity contribution in [3.8, 4) is 0 Å². The lowest BCUT2D eigenvalue weighted by Gasteiger charge is -2.33. The Balaban J connectivity index is 2.63. The summed E-state index contributed by atoms with van der Waals surface area (Å²) < 4.78 is 0. The minimum atomic E-state index is -0.212. The third-order valence-electron chi connectivity index (χ3n) is 2.76. The fourth-order valence-corrected chi connectivity index (χ4v) is 2.81. The second-order valence-corrected chi connectivity index (χ2v) is 7.34. The third-order valence-corrected chi connectivity index (χ3v) is 3.13. The van der Waals surface area contributed by atoms with Gasteiger partial charge in [0.05, 0.1) is 6.42 Å². The van der Waals surface area contributed by atoms with Gasteiger partial charge in [-0.15, -0.1) is 0 Å². The number of halogens is 1. The van der Waals surface area contributed by atoms with Crippen LogP contribution in [0.5, 0.6) is 0 Å². The van der Waals surface area contributed by atoms with Crippen LogP contribution in [0.3, 0.4) is 0 Å². The molecule has 1 aromatic rings. The van der Waals surface area contributed by atoms with E-state index < -0.39 is 0 Å². The van der Waals surface area contributed by atoms with Crippen molar-refractivity contribution < 1.29 is 4.79 Å². The van der Waals surface area contributed by atoms with Gasteiger partial charge in [0.15, 0.2) is 0 Å². The minimum absolute atomic E-state index is 0.0161. The zero-order valence-electron chi connectivity index (χ0n) is 12.5. The Hall–Kier alpha value is -1.02. The van der Waals surface area contributed by atoms with Crippen LogP contribution in [0.1, 0.15) is 46.6 Å². The number of hydrogen-bond donors (Lipinski definition) is 1. The first kappa shape index (κ1) is 16.0. The highest BCUT2D eigenvalue weighted by molar-refractivity contribution is 6.31. The summed E-state index contributed by atoms with van der Waals surface area (Å²) in [5.41, 5.74) is 0.839. The van der Waals surface area contributed by atoms with Gasteiger partial charge in [0, 0.05) is 10.6 Å². The van der Waals surface area contributed by atoms with E-state index in [9.17, 15) is 4.79 Å². The number of carbonyl (C=O) groups is 1. The van der Waals surface area contributed by atoms with E-state index in [0.717, 1.165) is 12.0 Å². The van der Waals surface area contributed by atoms with E-state index in [0.29, 0.717) is 11.4 Å². The predicted octanol–water partition coefficient (Wildman–Crippen LogP) is 4.21. The van der Waals surface area contributed by atoms with Crippen LogP contribution in [0, 0.1) is 5.41 Å². The molecular weight excluding hydrogens is 258 g/mol.